The molecule has 0 amide bonds. The third-order valence-electron chi connectivity index (χ3n) is 15.3. The molecular weight excluding hydrogens is 929 g/mol. The van der Waals surface area contributed by atoms with Gasteiger partial charge in [0.2, 0.25) is 0 Å². The van der Waals surface area contributed by atoms with Gasteiger partial charge < -0.3 is 23.6 Å². The van der Waals surface area contributed by atoms with E-state index in [2.05, 4.69) is 15.3 Å². The van der Waals surface area contributed by atoms with Gasteiger partial charge in [0.1, 0.15) is 45.9 Å². The van der Waals surface area contributed by atoms with Crippen molar-refractivity contribution >= 4 is 52.1 Å². The molecule has 2 aromatic carbocycles. The van der Waals surface area contributed by atoms with Crippen molar-refractivity contribution < 1.29 is 47.6 Å². The summed E-state index contributed by atoms with van der Waals surface area (Å²) < 4.78 is 25.2. The Labute approximate surface area is 425 Å². The fraction of sp³-hybridized carbons (Fsp3) is 0.561. The summed E-state index contributed by atoms with van der Waals surface area (Å²) in [4.78, 5) is 71.8. The molecule has 0 saturated heterocycles. The van der Waals surface area contributed by atoms with E-state index in [4.69, 9.17) is 23.5 Å². The minimum atomic E-state index is -0.996. The van der Waals surface area contributed by atoms with Crippen molar-refractivity contribution in [1.82, 2.24) is 29.4 Å². The molecule has 73 heavy (non-hydrogen) atoms. The number of aliphatic hydroxyl groups is 1. The SMILES string of the molecule is C.Cc1noc(C)c1-c1cc(C(O)C2C(=O)C3CCC2C3)c2nc(C3CC3)n(C(=O)OC(C)(C)C)c2c1.Cc1noc(C)c1-c1cc(C=O)c2nc(C3CC3)n(C(=O)OC(C)(C)C)c2c1.O=C1CC2CCC1C2. The van der Waals surface area contributed by atoms with Crippen molar-refractivity contribution in [3.63, 3.8) is 0 Å². The van der Waals surface area contributed by atoms with Crippen molar-refractivity contribution in [2.75, 3.05) is 0 Å². The van der Waals surface area contributed by atoms with E-state index < -0.39 is 35.4 Å². The average Bonchev–Trinajstić information content (AvgIpc) is 3.73. The number of Topliss-reactive ketones (excluding diaryl/α,β-unsaturated/α-hetero) is 2. The minimum Gasteiger partial charge on any atom is -0.443 e. The van der Waals surface area contributed by atoms with E-state index in [0.29, 0.717) is 73.8 Å². The van der Waals surface area contributed by atoms with Crippen LogP contribution >= 0.6 is 0 Å². The molecular formula is C57H70N6O10. The number of aliphatic hydroxyl groups excluding tert-OH is 1. The van der Waals surface area contributed by atoms with E-state index in [9.17, 15) is 29.1 Å². The Bertz CT molecular complexity index is 3130. The van der Waals surface area contributed by atoms with E-state index in [1.54, 1.807) is 10.6 Å². The number of ketones is 2. The van der Waals surface area contributed by atoms with Gasteiger partial charge in [0.15, 0.2) is 6.29 Å². The van der Waals surface area contributed by atoms with E-state index >= 15 is 0 Å². The molecule has 4 heterocycles. The molecule has 12 rings (SSSR count). The lowest BCUT2D eigenvalue weighted by Gasteiger charge is -2.26. The molecule has 6 aliphatic rings. The maximum Gasteiger partial charge on any atom is 0.420 e. The van der Waals surface area contributed by atoms with Gasteiger partial charge in [0.25, 0.3) is 0 Å². The molecule has 0 radical (unpaired) electrons. The largest absolute Gasteiger partial charge is 0.443 e. The van der Waals surface area contributed by atoms with Crippen LogP contribution in [0.3, 0.4) is 0 Å². The smallest absolute Gasteiger partial charge is 0.420 e. The van der Waals surface area contributed by atoms with Gasteiger partial charge in [-0.3, -0.25) is 14.4 Å². The predicted molar refractivity (Wildman–Crippen MR) is 273 cm³/mol. The highest BCUT2D eigenvalue weighted by Gasteiger charge is 2.50. The van der Waals surface area contributed by atoms with Crippen LogP contribution in [0.5, 0.6) is 0 Å². The molecule has 388 valence electrons. The summed E-state index contributed by atoms with van der Waals surface area (Å²) >= 11 is 0. The topological polar surface area (TPSA) is 212 Å². The first-order chi connectivity index (χ1) is 34.1. The lowest BCUT2D eigenvalue weighted by molar-refractivity contribution is -0.129. The number of carbonyl (C=O) groups excluding carboxylic acids is 5. The number of aromatic nitrogens is 6. The molecule has 16 nitrogen and oxygen atoms in total. The number of imidazole rings is 2. The lowest BCUT2D eigenvalue weighted by Crippen LogP contribution is -2.28. The van der Waals surface area contributed by atoms with Crippen LogP contribution in [0.25, 0.3) is 44.3 Å². The third kappa shape index (κ3) is 9.95. The second-order valence-electron chi connectivity index (χ2n) is 23.2. The van der Waals surface area contributed by atoms with Crippen molar-refractivity contribution in [3.05, 3.63) is 69.9 Å². The molecule has 6 aliphatic carbocycles. The standard InChI is InChI=1S/C28H33N3O5.C21H23N3O4.C7H10O.CH4/c1-13-21(14(2)36-30-13)18-11-19(25(33)22-16-8-9-17(10-16)24(22)32)23-20(12-18)31(26(29-23)15-6-7-15)27(34)35-28(3,4)5;1-11-17(12(2)28-23-11)14-8-15(10-25)18-16(9-14)24(19(22-18)13-6-7-13)20(26)27-21(3,4)5;8-7-4-5-1-2-6(7)3-5;/h11-12,15-17,22,25,33H,6-10H2,1-5H3;8-10,13H,6-7H2,1-5H3;5-6H,1-4H2;1H4. The Hall–Kier alpha value is -6.29. The predicted octanol–water partition coefficient (Wildman–Crippen LogP) is 12.4. The Kier molecular flexibility index (Phi) is 13.6. The van der Waals surface area contributed by atoms with Gasteiger partial charge in [-0.1, -0.05) is 17.7 Å². The quantitative estimate of drug-likeness (QED) is 0.147. The fourth-order valence-electron chi connectivity index (χ4n) is 11.8. The number of aldehydes is 1. The highest BCUT2D eigenvalue weighted by atomic mass is 16.6. The maximum atomic E-state index is 13.5. The van der Waals surface area contributed by atoms with Crippen molar-refractivity contribution in [3.8, 4) is 22.3 Å². The van der Waals surface area contributed by atoms with Gasteiger partial charge in [-0.25, -0.2) is 28.7 Å². The summed E-state index contributed by atoms with van der Waals surface area (Å²) in [6.45, 7) is 18.4. The second-order valence-corrected chi connectivity index (χ2v) is 23.2. The third-order valence-corrected chi connectivity index (χ3v) is 15.3. The van der Waals surface area contributed by atoms with Crippen LogP contribution in [-0.2, 0) is 19.1 Å². The molecule has 0 aliphatic heterocycles. The van der Waals surface area contributed by atoms with Crippen LogP contribution in [0.2, 0.25) is 0 Å². The molecule has 6 unspecified atom stereocenters. The number of nitrogens with zero attached hydrogens (tertiary/aromatic N) is 6. The number of hydrogen-bond acceptors (Lipinski definition) is 14. The normalized spacial score (nSPS) is 22.5. The summed E-state index contributed by atoms with van der Waals surface area (Å²) in [6, 6.07) is 7.44. The molecule has 4 bridgehead atoms. The number of fused-ring (bicyclic) bond motifs is 6. The summed E-state index contributed by atoms with van der Waals surface area (Å²) in [5, 5.41) is 19.8. The molecule has 6 atom stereocenters. The zero-order chi connectivity index (χ0) is 51.3. The molecule has 0 spiro atoms. The Balaban J connectivity index is 0.000000157. The van der Waals surface area contributed by atoms with Crippen LogP contribution < -0.4 is 0 Å². The van der Waals surface area contributed by atoms with E-state index in [-0.39, 0.29) is 36.9 Å². The molecule has 1 N–H and O–H groups in total. The fourth-order valence-corrected chi connectivity index (χ4v) is 11.8. The first kappa shape index (κ1) is 51.6. The zero-order valence-electron chi connectivity index (χ0n) is 43.1. The van der Waals surface area contributed by atoms with Gasteiger partial charge in [0, 0.05) is 52.3 Å². The molecule has 6 aromatic rings. The van der Waals surface area contributed by atoms with Crippen molar-refractivity contribution in [2.24, 2.45) is 29.6 Å². The van der Waals surface area contributed by atoms with Crippen LogP contribution in [0.4, 0.5) is 9.59 Å². The Morgan fingerprint density at radius 3 is 1.58 bits per heavy atom. The number of ether oxygens (including phenoxy) is 2. The molecule has 4 aromatic heterocycles. The Morgan fingerprint density at radius 2 is 1.18 bits per heavy atom. The molecule has 6 fully saturated rings. The summed E-state index contributed by atoms with van der Waals surface area (Å²) in [6.07, 6.45) is 10.0. The maximum absolute atomic E-state index is 13.5. The van der Waals surface area contributed by atoms with Crippen LogP contribution in [0, 0.1) is 57.3 Å². The second kappa shape index (κ2) is 19.2. The number of hydrogen-bond donors (Lipinski definition) is 1. The van der Waals surface area contributed by atoms with Gasteiger partial charge in [-0.15, -0.1) is 0 Å². The average molecular weight is 999 g/mol. The lowest BCUT2D eigenvalue weighted by atomic mass is 9.80. The van der Waals surface area contributed by atoms with E-state index in [1.807, 2.05) is 87.4 Å². The van der Waals surface area contributed by atoms with Crippen LogP contribution in [0.15, 0.2) is 33.3 Å². The zero-order valence-corrected chi connectivity index (χ0v) is 43.1. The van der Waals surface area contributed by atoms with Gasteiger partial charge in [0.05, 0.1) is 45.5 Å². The minimum absolute atomic E-state index is 0. The summed E-state index contributed by atoms with van der Waals surface area (Å²) in [7, 11) is 0. The highest BCUT2D eigenvalue weighted by Crippen LogP contribution is 2.52. The van der Waals surface area contributed by atoms with E-state index in [0.717, 1.165) is 91.5 Å². The Morgan fingerprint density at radius 1 is 0.685 bits per heavy atom. The molecule has 6 saturated carbocycles. The van der Waals surface area contributed by atoms with Crippen LogP contribution in [-0.4, -0.2) is 75.8 Å². The monoisotopic (exact) mass is 999 g/mol. The van der Waals surface area contributed by atoms with Crippen molar-refractivity contribution in [2.45, 2.75) is 176 Å². The van der Waals surface area contributed by atoms with Gasteiger partial charge in [-0.2, -0.15) is 0 Å². The first-order valence-corrected chi connectivity index (χ1v) is 25.7. The van der Waals surface area contributed by atoms with Crippen molar-refractivity contribution in [1.29, 1.82) is 0 Å². The number of carbonyl (C=O) groups is 5. The molecule has 16 heteroatoms. The van der Waals surface area contributed by atoms with E-state index in [1.165, 1.54) is 23.8 Å². The van der Waals surface area contributed by atoms with Crippen LogP contribution in [0.1, 0.15) is 188 Å². The number of rotatable bonds is 7. The summed E-state index contributed by atoms with van der Waals surface area (Å²) in [5.74, 6) is 4.78. The van der Waals surface area contributed by atoms with Gasteiger partial charge >= 0.3 is 12.2 Å². The number of aryl methyl sites for hydroxylation is 4. The van der Waals surface area contributed by atoms with Gasteiger partial charge in [-0.05, 0) is 181 Å². The first-order valence-electron chi connectivity index (χ1n) is 25.7. The number of benzene rings is 2. The highest BCUT2D eigenvalue weighted by molar-refractivity contribution is 6.01. The summed E-state index contributed by atoms with van der Waals surface area (Å²) in [5.41, 5.74) is 6.51.